The smallest absolute Gasteiger partial charge is 0.328 e. The van der Waals surface area contributed by atoms with E-state index in [1.54, 1.807) is 24.3 Å². The molecule has 1 amide bonds. The molecule has 1 aliphatic rings. The van der Waals surface area contributed by atoms with Crippen LogP contribution in [-0.4, -0.2) is 70.5 Å². The highest BCUT2D eigenvalue weighted by Crippen LogP contribution is 2.16. The molecule has 0 saturated carbocycles. The highest BCUT2D eigenvalue weighted by atomic mass is 32.2. The van der Waals surface area contributed by atoms with Crippen LogP contribution < -0.4 is 10.2 Å². The zero-order valence-corrected chi connectivity index (χ0v) is 18.4. The number of aryl methyl sites for hydroxylation is 1. The van der Waals surface area contributed by atoms with Crippen molar-refractivity contribution in [3.8, 4) is 0 Å². The van der Waals surface area contributed by atoms with E-state index >= 15 is 0 Å². The highest BCUT2D eigenvalue weighted by Gasteiger charge is 2.32. The number of esters is 1. The van der Waals surface area contributed by atoms with Gasteiger partial charge >= 0.3 is 5.97 Å². The van der Waals surface area contributed by atoms with Crippen LogP contribution in [0.5, 0.6) is 0 Å². The van der Waals surface area contributed by atoms with E-state index in [0.717, 1.165) is 16.9 Å². The van der Waals surface area contributed by atoms with Crippen molar-refractivity contribution in [3.63, 3.8) is 0 Å². The molecule has 2 N–H and O–H groups in total. The fourth-order valence-electron chi connectivity index (χ4n) is 3.33. The van der Waals surface area contributed by atoms with Crippen LogP contribution in [0.1, 0.15) is 25.8 Å². The van der Waals surface area contributed by atoms with Crippen molar-refractivity contribution in [1.29, 1.82) is 0 Å². The summed E-state index contributed by atoms with van der Waals surface area (Å²) >= 11 is 0. The molecular formula is C20H32N3O5S+. The first-order chi connectivity index (χ1) is 13.7. The van der Waals surface area contributed by atoms with E-state index in [1.165, 1.54) is 11.4 Å². The number of methoxy groups -OCH3 is 1. The number of nitrogens with zero attached hydrogens (tertiary/aromatic N) is 1. The number of quaternary nitrogens is 1. The minimum atomic E-state index is -3.52. The van der Waals surface area contributed by atoms with Gasteiger partial charge in [0.15, 0.2) is 6.54 Å². The number of benzene rings is 1. The van der Waals surface area contributed by atoms with E-state index in [-0.39, 0.29) is 18.4 Å². The Hall–Kier alpha value is -1.97. The monoisotopic (exact) mass is 426 g/mol. The minimum Gasteiger partial charge on any atom is -0.467 e. The van der Waals surface area contributed by atoms with Gasteiger partial charge in [-0.3, -0.25) is 4.79 Å². The van der Waals surface area contributed by atoms with Crippen molar-refractivity contribution in [2.45, 2.75) is 38.1 Å². The van der Waals surface area contributed by atoms with Gasteiger partial charge in [-0.2, -0.15) is 4.31 Å². The highest BCUT2D eigenvalue weighted by molar-refractivity contribution is 7.89. The molecule has 0 radical (unpaired) electrons. The maximum absolute atomic E-state index is 12.8. The molecule has 0 unspecified atom stereocenters. The summed E-state index contributed by atoms with van der Waals surface area (Å²) in [5, 5.41) is 2.77. The van der Waals surface area contributed by atoms with Crippen molar-refractivity contribution in [2.75, 3.05) is 39.8 Å². The van der Waals surface area contributed by atoms with Crippen molar-refractivity contribution in [3.05, 3.63) is 29.8 Å². The minimum absolute atomic E-state index is 0.0297. The molecule has 1 heterocycles. The molecule has 29 heavy (non-hydrogen) atoms. The summed E-state index contributed by atoms with van der Waals surface area (Å²) in [6.07, 6.45) is 0.739. The maximum atomic E-state index is 12.8. The number of carbonyl (C=O) groups excluding carboxylic acids is 2. The Kier molecular flexibility index (Phi) is 8.18. The lowest BCUT2D eigenvalue weighted by Gasteiger charge is -2.31. The molecule has 1 fully saturated rings. The largest absolute Gasteiger partial charge is 0.467 e. The van der Waals surface area contributed by atoms with Gasteiger partial charge < -0.3 is 15.0 Å². The van der Waals surface area contributed by atoms with Crippen molar-refractivity contribution < 1.29 is 27.6 Å². The molecule has 1 aliphatic heterocycles. The molecule has 0 bridgehead atoms. The number of ether oxygens (including phenoxy) is 1. The second-order valence-electron chi connectivity index (χ2n) is 7.60. The lowest BCUT2D eigenvalue weighted by Crippen LogP contribution is -3.15. The third-order valence-electron chi connectivity index (χ3n) is 5.48. The van der Waals surface area contributed by atoms with Gasteiger partial charge in [0.2, 0.25) is 10.0 Å². The molecule has 9 heteroatoms. The molecule has 0 aromatic heterocycles. The first kappa shape index (κ1) is 23.3. The standard InChI is InChI=1S/C20H31N3O5S/c1-5-16(3)19(20(25)28-4)21-18(24)14-22-10-12-23(13-11-22)29(26,27)17-8-6-15(2)7-9-17/h6-9,16,19H,5,10-14H2,1-4H3,(H,21,24)/p+1/t16-,19+/m1/s1. The summed E-state index contributed by atoms with van der Waals surface area (Å²) in [5.41, 5.74) is 1.01. The summed E-state index contributed by atoms with van der Waals surface area (Å²) in [7, 11) is -2.21. The molecule has 0 spiro atoms. The van der Waals surface area contributed by atoms with Crippen molar-refractivity contribution in [1.82, 2.24) is 9.62 Å². The van der Waals surface area contributed by atoms with Gasteiger partial charge in [0, 0.05) is 0 Å². The van der Waals surface area contributed by atoms with E-state index < -0.39 is 22.0 Å². The molecule has 162 valence electrons. The zero-order chi connectivity index (χ0) is 21.6. The van der Waals surface area contributed by atoms with Crippen LogP contribution in [0, 0.1) is 12.8 Å². The van der Waals surface area contributed by atoms with Crippen LogP contribution in [0.2, 0.25) is 0 Å². The quantitative estimate of drug-likeness (QED) is 0.551. The summed E-state index contributed by atoms with van der Waals surface area (Å²) < 4.78 is 31.8. The Morgan fingerprint density at radius 2 is 1.79 bits per heavy atom. The van der Waals surface area contributed by atoms with Crippen LogP contribution in [0.4, 0.5) is 0 Å². The fraction of sp³-hybridized carbons (Fsp3) is 0.600. The normalized spacial score (nSPS) is 18.1. The number of sulfonamides is 1. The van der Waals surface area contributed by atoms with Gasteiger partial charge in [-0.1, -0.05) is 38.0 Å². The van der Waals surface area contributed by atoms with E-state index in [0.29, 0.717) is 31.1 Å². The average molecular weight is 427 g/mol. The summed E-state index contributed by atoms with van der Waals surface area (Å²) in [5.74, 6) is -0.708. The van der Waals surface area contributed by atoms with Gasteiger partial charge in [-0.15, -0.1) is 0 Å². The summed E-state index contributed by atoms with van der Waals surface area (Å²) in [6, 6.07) is 6.15. The lowest BCUT2D eigenvalue weighted by atomic mass is 9.99. The van der Waals surface area contributed by atoms with Crippen LogP contribution in [-0.2, 0) is 24.3 Å². The second-order valence-corrected chi connectivity index (χ2v) is 9.54. The third-order valence-corrected chi connectivity index (χ3v) is 7.40. The number of piperazine rings is 1. The maximum Gasteiger partial charge on any atom is 0.328 e. The van der Waals surface area contributed by atoms with E-state index in [4.69, 9.17) is 4.74 Å². The SMILES string of the molecule is CC[C@@H](C)[C@H](NC(=O)C[NH+]1CCN(S(=O)(=O)c2ccc(C)cc2)CC1)C(=O)OC. The molecular weight excluding hydrogens is 394 g/mol. The first-order valence-corrected chi connectivity index (χ1v) is 11.4. The Morgan fingerprint density at radius 1 is 1.21 bits per heavy atom. The Labute approximate surface area is 173 Å². The van der Waals surface area contributed by atoms with Gasteiger partial charge in [0.05, 0.1) is 38.2 Å². The van der Waals surface area contributed by atoms with Gasteiger partial charge in [-0.05, 0) is 25.0 Å². The number of rotatable bonds is 8. The Bertz CT molecular complexity index is 802. The van der Waals surface area contributed by atoms with Gasteiger partial charge in [-0.25, -0.2) is 13.2 Å². The molecule has 2 atom stereocenters. The fourth-order valence-corrected chi connectivity index (χ4v) is 4.77. The van der Waals surface area contributed by atoms with Gasteiger partial charge in [0.25, 0.3) is 5.91 Å². The van der Waals surface area contributed by atoms with Gasteiger partial charge in [0.1, 0.15) is 6.04 Å². The average Bonchev–Trinajstić information content (AvgIpc) is 2.71. The predicted molar refractivity (Wildman–Crippen MR) is 109 cm³/mol. The molecule has 8 nitrogen and oxygen atoms in total. The van der Waals surface area contributed by atoms with Crippen LogP contribution in [0.25, 0.3) is 0 Å². The number of carbonyl (C=O) groups is 2. The number of nitrogens with one attached hydrogen (secondary N) is 2. The number of amides is 1. The molecule has 1 aromatic rings. The molecule has 1 aromatic carbocycles. The second kappa shape index (κ2) is 10.2. The van der Waals surface area contributed by atoms with E-state index in [1.807, 2.05) is 20.8 Å². The summed E-state index contributed by atoms with van der Waals surface area (Å²) in [6.45, 7) is 7.72. The van der Waals surface area contributed by atoms with Crippen LogP contribution in [0.3, 0.4) is 0 Å². The first-order valence-electron chi connectivity index (χ1n) is 9.96. The molecule has 2 rings (SSSR count). The predicted octanol–water partition coefficient (Wildman–Crippen LogP) is -0.412. The van der Waals surface area contributed by atoms with Crippen molar-refractivity contribution >= 4 is 21.9 Å². The Morgan fingerprint density at radius 3 is 2.31 bits per heavy atom. The molecule has 1 saturated heterocycles. The summed E-state index contributed by atoms with van der Waals surface area (Å²) in [4.78, 5) is 25.6. The van der Waals surface area contributed by atoms with Crippen LogP contribution >= 0.6 is 0 Å². The third kappa shape index (κ3) is 6.01. The topological polar surface area (TPSA) is 97.2 Å². The number of hydrogen-bond donors (Lipinski definition) is 2. The van der Waals surface area contributed by atoms with Crippen LogP contribution in [0.15, 0.2) is 29.2 Å². The molecule has 0 aliphatic carbocycles. The Balaban J connectivity index is 1.91. The van der Waals surface area contributed by atoms with E-state index in [2.05, 4.69) is 5.32 Å². The van der Waals surface area contributed by atoms with Crippen molar-refractivity contribution in [2.24, 2.45) is 5.92 Å². The zero-order valence-electron chi connectivity index (χ0n) is 17.6. The number of hydrogen-bond acceptors (Lipinski definition) is 5. The van der Waals surface area contributed by atoms with E-state index in [9.17, 15) is 18.0 Å². The lowest BCUT2D eigenvalue weighted by molar-refractivity contribution is -0.895.